The molecule has 0 aliphatic rings. The summed E-state index contributed by atoms with van der Waals surface area (Å²) in [7, 11) is -1.95. The fourth-order valence-electron chi connectivity index (χ4n) is 1.92. The number of hydrogen-bond donors (Lipinski definition) is 1. The van der Waals surface area contributed by atoms with Crippen molar-refractivity contribution in [1.82, 2.24) is 4.72 Å². The minimum Gasteiger partial charge on any atom is -0.496 e. The molecule has 1 N–H and O–H groups in total. The van der Waals surface area contributed by atoms with E-state index in [9.17, 15) is 8.42 Å². The number of hydrogen-bond acceptors (Lipinski definition) is 3. The summed E-state index contributed by atoms with van der Waals surface area (Å²) in [5.74, 6) is 0.705. The van der Waals surface area contributed by atoms with Gasteiger partial charge in [0.1, 0.15) is 5.75 Å². The highest BCUT2D eigenvalue weighted by molar-refractivity contribution is 9.10. The van der Waals surface area contributed by atoms with Gasteiger partial charge in [-0.15, -0.1) is 0 Å². The van der Waals surface area contributed by atoms with Gasteiger partial charge in [-0.2, -0.15) is 0 Å². The minimum atomic E-state index is -3.53. The second kappa shape index (κ2) is 6.60. The fourth-order valence-corrected chi connectivity index (χ4v) is 3.73. The van der Waals surface area contributed by atoms with Crippen LogP contribution in [0.15, 0.2) is 57.9 Å². The predicted molar refractivity (Wildman–Crippen MR) is 85.9 cm³/mol. The Hall–Kier alpha value is -1.37. The molecule has 0 amide bonds. The van der Waals surface area contributed by atoms with Crippen molar-refractivity contribution in [3.8, 4) is 5.75 Å². The molecule has 1 unspecified atom stereocenters. The molecule has 6 heteroatoms. The first kappa shape index (κ1) is 16.0. The lowest BCUT2D eigenvalue weighted by atomic mass is 10.1. The van der Waals surface area contributed by atoms with Gasteiger partial charge in [0.15, 0.2) is 0 Å². The summed E-state index contributed by atoms with van der Waals surface area (Å²) in [6, 6.07) is 13.4. The van der Waals surface area contributed by atoms with E-state index in [4.69, 9.17) is 4.74 Å². The first-order valence-corrected chi connectivity index (χ1v) is 8.62. The van der Waals surface area contributed by atoms with E-state index in [-0.39, 0.29) is 10.9 Å². The molecular weight excluding hydrogens is 354 g/mol. The van der Waals surface area contributed by atoms with Gasteiger partial charge in [-0.05, 0) is 52.7 Å². The summed E-state index contributed by atoms with van der Waals surface area (Å²) >= 11 is 3.40. The summed E-state index contributed by atoms with van der Waals surface area (Å²) in [6.45, 7) is 1.80. The van der Waals surface area contributed by atoms with E-state index in [0.717, 1.165) is 10.0 Å². The molecule has 0 aliphatic carbocycles. The molecule has 21 heavy (non-hydrogen) atoms. The molecule has 1 atom stereocenters. The highest BCUT2D eigenvalue weighted by Crippen LogP contribution is 2.28. The van der Waals surface area contributed by atoms with Crippen molar-refractivity contribution >= 4 is 26.0 Å². The van der Waals surface area contributed by atoms with Crippen LogP contribution in [-0.2, 0) is 10.0 Å². The van der Waals surface area contributed by atoms with E-state index < -0.39 is 10.0 Å². The van der Waals surface area contributed by atoms with E-state index in [1.165, 1.54) is 0 Å². The summed E-state index contributed by atoms with van der Waals surface area (Å²) in [5, 5.41) is 0. The van der Waals surface area contributed by atoms with E-state index in [0.29, 0.717) is 5.75 Å². The van der Waals surface area contributed by atoms with Gasteiger partial charge in [-0.3, -0.25) is 0 Å². The zero-order chi connectivity index (χ0) is 15.5. The third kappa shape index (κ3) is 3.84. The largest absolute Gasteiger partial charge is 0.496 e. The Kier molecular flexibility index (Phi) is 5.03. The summed E-state index contributed by atoms with van der Waals surface area (Å²) < 4.78 is 33.2. The normalized spacial score (nSPS) is 12.9. The SMILES string of the molecule is COc1ccc(C(C)NS(=O)(=O)c2ccccc2)cc1Br. The molecule has 0 fully saturated rings. The standard InChI is InChI=1S/C15H16BrNO3S/c1-11(12-8-9-15(20-2)14(16)10-12)17-21(18,19)13-6-4-3-5-7-13/h3-11,17H,1-2H3. The Morgan fingerprint density at radius 2 is 1.81 bits per heavy atom. The Bertz CT molecular complexity index is 717. The van der Waals surface area contributed by atoms with Crippen molar-refractivity contribution in [3.63, 3.8) is 0 Å². The van der Waals surface area contributed by atoms with E-state index >= 15 is 0 Å². The molecule has 0 spiro atoms. The van der Waals surface area contributed by atoms with Crippen molar-refractivity contribution in [3.05, 3.63) is 58.6 Å². The molecule has 2 aromatic rings. The molecule has 0 radical (unpaired) electrons. The van der Waals surface area contributed by atoms with Gasteiger partial charge < -0.3 is 4.74 Å². The summed E-state index contributed by atoms with van der Waals surface area (Å²) in [5.41, 5.74) is 0.849. The Labute approximate surface area is 133 Å². The number of benzene rings is 2. The number of sulfonamides is 1. The smallest absolute Gasteiger partial charge is 0.241 e. The molecule has 2 aromatic carbocycles. The Balaban J connectivity index is 2.22. The first-order chi connectivity index (χ1) is 9.94. The van der Waals surface area contributed by atoms with Gasteiger partial charge in [0.05, 0.1) is 16.5 Å². The van der Waals surface area contributed by atoms with Crippen LogP contribution < -0.4 is 9.46 Å². The highest BCUT2D eigenvalue weighted by atomic mass is 79.9. The van der Waals surface area contributed by atoms with Crippen LogP contribution in [0, 0.1) is 0 Å². The lowest BCUT2D eigenvalue weighted by Crippen LogP contribution is -2.26. The van der Waals surface area contributed by atoms with Crippen LogP contribution in [0.2, 0.25) is 0 Å². The van der Waals surface area contributed by atoms with Crippen LogP contribution >= 0.6 is 15.9 Å². The molecule has 0 aromatic heterocycles. The van der Waals surface area contributed by atoms with Gasteiger partial charge in [-0.1, -0.05) is 24.3 Å². The van der Waals surface area contributed by atoms with Crippen LogP contribution in [-0.4, -0.2) is 15.5 Å². The molecule has 0 heterocycles. The second-order valence-electron chi connectivity index (χ2n) is 4.55. The van der Waals surface area contributed by atoms with Gasteiger partial charge in [0.2, 0.25) is 10.0 Å². The zero-order valence-electron chi connectivity index (χ0n) is 11.7. The van der Waals surface area contributed by atoms with Crippen LogP contribution in [0.5, 0.6) is 5.75 Å². The Morgan fingerprint density at radius 1 is 1.14 bits per heavy atom. The zero-order valence-corrected chi connectivity index (χ0v) is 14.1. The molecule has 0 aliphatic heterocycles. The maximum absolute atomic E-state index is 12.3. The van der Waals surface area contributed by atoms with Crippen molar-refractivity contribution in [2.75, 3.05) is 7.11 Å². The van der Waals surface area contributed by atoms with E-state index in [1.807, 2.05) is 12.1 Å². The number of ether oxygens (including phenoxy) is 1. The second-order valence-corrected chi connectivity index (χ2v) is 7.12. The van der Waals surface area contributed by atoms with Crippen molar-refractivity contribution < 1.29 is 13.2 Å². The average Bonchev–Trinajstić information content (AvgIpc) is 2.47. The molecular formula is C15H16BrNO3S. The number of nitrogens with one attached hydrogen (secondary N) is 1. The van der Waals surface area contributed by atoms with Crippen molar-refractivity contribution in [2.45, 2.75) is 17.9 Å². The lowest BCUT2D eigenvalue weighted by Gasteiger charge is -2.16. The van der Waals surface area contributed by atoms with E-state index in [2.05, 4.69) is 20.7 Å². The van der Waals surface area contributed by atoms with Crippen LogP contribution in [0.1, 0.15) is 18.5 Å². The van der Waals surface area contributed by atoms with Gasteiger partial charge >= 0.3 is 0 Å². The topological polar surface area (TPSA) is 55.4 Å². The molecule has 112 valence electrons. The number of rotatable bonds is 5. The van der Waals surface area contributed by atoms with Crippen LogP contribution in [0.25, 0.3) is 0 Å². The van der Waals surface area contributed by atoms with Gasteiger partial charge in [-0.25, -0.2) is 13.1 Å². The summed E-state index contributed by atoms with van der Waals surface area (Å²) in [4.78, 5) is 0.254. The number of methoxy groups -OCH3 is 1. The molecule has 0 saturated heterocycles. The molecule has 4 nitrogen and oxygen atoms in total. The first-order valence-electron chi connectivity index (χ1n) is 6.35. The fraction of sp³-hybridized carbons (Fsp3) is 0.200. The van der Waals surface area contributed by atoms with Gasteiger partial charge in [0, 0.05) is 6.04 Å². The maximum atomic E-state index is 12.3. The predicted octanol–water partition coefficient (Wildman–Crippen LogP) is 3.50. The highest BCUT2D eigenvalue weighted by Gasteiger charge is 2.18. The lowest BCUT2D eigenvalue weighted by molar-refractivity contribution is 0.412. The third-order valence-corrected chi connectivity index (χ3v) is 5.24. The molecule has 0 bridgehead atoms. The van der Waals surface area contributed by atoms with Crippen molar-refractivity contribution in [2.24, 2.45) is 0 Å². The minimum absolute atomic E-state index is 0.254. The molecule has 2 rings (SSSR count). The van der Waals surface area contributed by atoms with Crippen LogP contribution in [0.4, 0.5) is 0 Å². The number of halogens is 1. The average molecular weight is 370 g/mol. The Morgan fingerprint density at radius 3 is 2.38 bits per heavy atom. The quantitative estimate of drug-likeness (QED) is 0.877. The third-order valence-electron chi connectivity index (χ3n) is 3.06. The van der Waals surface area contributed by atoms with Crippen molar-refractivity contribution in [1.29, 1.82) is 0 Å². The van der Waals surface area contributed by atoms with Crippen LogP contribution in [0.3, 0.4) is 0 Å². The summed E-state index contributed by atoms with van der Waals surface area (Å²) in [6.07, 6.45) is 0. The monoisotopic (exact) mass is 369 g/mol. The molecule has 0 saturated carbocycles. The maximum Gasteiger partial charge on any atom is 0.241 e. The van der Waals surface area contributed by atoms with Gasteiger partial charge in [0.25, 0.3) is 0 Å². The van der Waals surface area contributed by atoms with E-state index in [1.54, 1.807) is 50.4 Å².